The van der Waals surface area contributed by atoms with Crippen molar-refractivity contribution in [2.24, 2.45) is 10.9 Å². The van der Waals surface area contributed by atoms with Crippen molar-refractivity contribution in [3.8, 4) is 44.9 Å². The van der Waals surface area contributed by atoms with E-state index in [2.05, 4.69) is 237 Å². The normalized spacial score (nSPS) is 14.7. The molecule has 2 heterocycles. The van der Waals surface area contributed by atoms with Gasteiger partial charge in [-0.3, -0.25) is 4.99 Å². The van der Waals surface area contributed by atoms with Gasteiger partial charge < -0.3 is 0 Å². The van der Waals surface area contributed by atoms with Crippen LogP contribution in [0.1, 0.15) is 36.0 Å². The van der Waals surface area contributed by atoms with Gasteiger partial charge in [-0.1, -0.05) is 207 Å². The molecule has 11 aromatic carbocycles. The quantitative estimate of drug-likeness (QED) is 0.150. The summed E-state index contributed by atoms with van der Waals surface area (Å²) in [6.45, 7) is 2.30. The van der Waals surface area contributed by atoms with Crippen molar-refractivity contribution < 1.29 is 0 Å². The molecule has 0 amide bonds. The molecule has 0 N–H and O–H groups in total. The Balaban J connectivity index is 0.831. The average molecular weight is 868 g/mol. The summed E-state index contributed by atoms with van der Waals surface area (Å²) in [5, 5.41) is 11.2. The van der Waals surface area contributed by atoms with E-state index in [0.29, 0.717) is 5.82 Å². The number of hydrogen-bond donors (Lipinski definition) is 0. The molecule has 3 heteroatoms. The first-order valence-electron chi connectivity index (χ1n) is 23.7. The van der Waals surface area contributed by atoms with Gasteiger partial charge in [-0.25, -0.2) is 9.97 Å². The van der Waals surface area contributed by atoms with E-state index in [-0.39, 0.29) is 11.8 Å². The molecule has 13 rings (SSSR count). The van der Waals surface area contributed by atoms with Crippen LogP contribution in [0, 0.1) is 5.92 Å². The highest BCUT2D eigenvalue weighted by atomic mass is 14.9. The molecule has 0 spiro atoms. The van der Waals surface area contributed by atoms with Crippen molar-refractivity contribution in [3.05, 3.63) is 247 Å². The van der Waals surface area contributed by atoms with Gasteiger partial charge in [-0.15, -0.1) is 0 Å². The molecule has 1 aromatic heterocycles. The number of nitrogens with zero attached hydrogens (tertiary/aromatic N) is 3. The molecule has 0 radical (unpaired) electrons. The van der Waals surface area contributed by atoms with E-state index < -0.39 is 0 Å². The zero-order chi connectivity index (χ0) is 45.1. The minimum absolute atomic E-state index is 0.144. The second-order valence-corrected chi connectivity index (χ2v) is 18.2. The monoisotopic (exact) mass is 867 g/mol. The van der Waals surface area contributed by atoms with Gasteiger partial charge in [0.05, 0.1) is 22.6 Å². The Morgan fingerprint density at radius 1 is 0.368 bits per heavy atom. The summed E-state index contributed by atoms with van der Waals surface area (Å²) in [5.74, 6) is 1.00. The van der Waals surface area contributed by atoms with Gasteiger partial charge in [0.25, 0.3) is 0 Å². The third-order valence-corrected chi connectivity index (χ3v) is 14.3. The molecule has 12 aromatic rings. The summed E-state index contributed by atoms with van der Waals surface area (Å²) in [6.07, 6.45) is 0.936. The Labute approximate surface area is 395 Å². The van der Waals surface area contributed by atoms with Crippen LogP contribution < -0.4 is 0 Å². The summed E-state index contributed by atoms with van der Waals surface area (Å²) < 4.78 is 0. The van der Waals surface area contributed by atoms with E-state index >= 15 is 0 Å². The number of benzene rings is 11. The highest BCUT2D eigenvalue weighted by molar-refractivity contribution is 6.10. The second kappa shape index (κ2) is 16.4. The predicted molar refractivity (Wildman–Crippen MR) is 286 cm³/mol. The highest BCUT2D eigenvalue weighted by Crippen LogP contribution is 2.46. The molecule has 0 fully saturated rings. The zero-order valence-corrected chi connectivity index (χ0v) is 37.6. The number of hydrogen-bond acceptors (Lipinski definition) is 3. The molecule has 2 atom stereocenters. The number of aliphatic imine (C=N–C) groups is 1. The lowest BCUT2D eigenvalue weighted by Gasteiger charge is -2.33. The van der Waals surface area contributed by atoms with Crippen molar-refractivity contribution in [1.29, 1.82) is 0 Å². The first-order chi connectivity index (χ1) is 33.6. The third-order valence-electron chi connectivity index (χ3n) is 14.3. The van der Waals surface area contributed by atoms with Crippen molar-refractivity contribution >= 4 is 65.4 Å². The SMILES string of the molecule is CCC1C(c2cccc(-c3nc(-c4ccc(-c5ccc6c(ccc7ccccc76)c5)cc4)c4ccccc4n3)c2)=Nc2ccccc2C1c1ccc(-c2ccc3c(ccc4ccccc43)c2)cc1. The summed E-state index contributed by atoms with van der Waals surface area (Å²) in [7, 11) is 0. The van der Waals surface area contributed by atoms with E-state index in [9.17, 15) is 0 Å². The fourth-order valence-electron chi connectivity index (χ4n) is 10.9. The summed E-state index contributed by atoms with van der Waals surface area (Å²) in [5.41, 5.74) is 14.4. The van der Waals surface area contributed by atoms with Crippen LogP contribution in [0.3, 0.4) is 0 Å². The molecule has 0 saturated heterocycles. The van der Waals surface area contributed by atoms with Gasteiger partial charge in [0, 0.05) is 28.3 Å². The van der Waals surface area contributed by atoms with Crippen LogP contribution in [0.5, 0.6) is 0 Å². The van der Waals surface area contributed by atoms with Gasteiger partial charge in [-0.2, -0.15) is 0 Å². The van der Waals surface area contributed by atoms with Crippen LogP contribution in [0.2, 0.25) is 0 Å². The Hall–Kier alpha value is -8.53. The lowest BCUT2D eigenvalue weighted by molar-refractivity contribution is 0.577. The van der Waals surface area contributed by atoms with Crippen LogP contribution in [0.25, 0.3) is 98.9 Å². The molecule has 68 heavy (non-hydrogen) atoms. The maximum absolute atomic E-state index is 5.45. The number of para-hydroxylation sites is 2. The molecule has 0 saturated carbocycles. The minimum Gasteiger partial charge on any atom is -0.252 e. The maximum Gasteiger partial charge on any atom is 0.160 e. The van der Waals surface area contributed by atoms with Crippen LogP contribution in [-0.2, 0) is 0 Å². The Morgan fingerprint density at radius 2 is 0.897 bits per heavy atom. The van der Waals surface area contributed by atoms with E-state index in [1.165, 1.54) is 76.5 Å². The average Bonchev–Trinajstić information content (AvgIpc) is 3.42. The van der Waals surface area contributed by atoms with Crippen LogP contribution in [-0.4, -0.2) is 15.7 Å². The zero-order valence-electron chi connectivity index (χ0n) is 37.6. The molecule has 3 nitrogen and oxygen atoms in total. The van der Waals surface area contributed by atoms with Crippen LogP contribution in [0.15, 0.2) is 236 Å². The molecular formula is C65H45N3. The van der Waals surface area contributed by atoms with Crippen molar-refractivity contribution in [2.45, 2.75) is 19.3 Å². The lowest BCUT2D eigenvalue weighted by atomic mass is 9.73. The van der Waals surface area contributed by atoms with Gasteiger partial charge in [-0.05, 0) is 119 Å². The van der Waals surface area contributed by atoms with E-state index in [1.54, 1.807) is 0 Å². The van der Waals surface area contributed by atoms with Gasteiger partial charge in [0.1, 0.15) is 0 Å². The van der Waals surface area contributed by atoms with E-state index in [0.717, 1.165) is 51.1 Å². The molecule has 0 aliphatic carbocycles. The van der Waals surface area contributed by atoms with Gasteiger partial charge in [0.15, 0.2) is 5.82 Å². The fourth-order valence-corrected chi connectivity index (χ4v) is 10.9. The Kier molecular flexibility index (Phi) is 9.61. The first kappa shape index (κ1) is 39.8. The standard InChI is InChI=1S/C65H45N3/c1-2-53-62(45-28-22-41(23-29-45)47-34-36-56-49(38-47)32-26-43-12-3-5-16-54(43)56)58-18-7-9-20-60(58)66-64(53)51-14-11-15-52(40-51)65-67-61-21-10-8-19-59(61)63(68-65)46-30-24-42(25-31-46)48-35-37-57-50(39-48)33-27-44-13-4-6-17-55(44)57/h3-40,53,62H,2H2,1H3. The largest absolute Gasteiger partial charge is 0.252 e. The first-order valence-corrected chi connectivity index (χ1v) is 23.7. The Bertz CT molecular complexity index is 3960. The molecule has 1 aliphatic rings. The molecular weight excluding hydrogens is 823 g/mol. The Morgan fingerprint density at radius 3 is 1.57 bits per heavy atom. The van der Waals surface area contributed by atoms with Gasteiger partial charge in [0.2, 0.25) is 0 Å². The van der Waals surface area contributed by atoms with E-state index in [1.807, 2.05) is 0 Å². The lowest BCUT2D eigenvalue weighted by Crippen LogP contribution is -2.27. The fraction of sp³-hybridized carbons (Fsp3) is 0.0615. The second-order valence-electron chi connectivity index (χ2n) is 18.2. The predicted octanol–water partition coefficient (Wildman–Crippen LogP) is 17.2. The van der Waals surface area contributed by atoms with Crippen LogP contribution >= 0.6 is 0 Å². The van der Waals surface area contributed by atoms with Crippen LogP contribution in [0.4, 0.5) is 5.69 Å². The molecule has 320 valence electrons. The third kappa shape index (κ3) is 6.86. The molecule has 1 aliphatic heterocycles. The number of rotatable bonds is 7. The number of fused-ring (bicyclic) bond motifs is 8. The molecule has 0 bridgehead atoms. The van der Waals surface area contributed by atoms with Crippen molar-refractivity contribution in [1.82, 2.24) is 9.97 Å². The van der Waals surface area contributed by atoms with E-state index in [4.69, 9.17) is 15.0 Å². The highest BCUT2D eigenvalue weighted by Gasteiger charge is 2.34. The summed E-state index contributed by atoms with van der Waals surface area (Å²) in [4.78, 5) is 16.0. The maximum atomic E-state index is 5.45. The summed E-state index contributed by atoms with van der Waals surface area (Å²) in [6, 6.07) is 83.6. The smallest absolute Gasteiger partial charge is 0.160 e. The minimum atomic E-state index is 0.144. The van der Waals surface area contributed by atoms with Gasteiger partial charge >= 0.3 is 0 Å². The van der Waals surface area contributed by atoms with Crippen molar-refractivity contribution in [3.63, 3.8) is 0 Å². The van der Waals surface area contributed by atoms with Crippen molar-refractivity contribution in [2.75, 3.05) is 0 Å². The summed E-state index contributed by atoms with van der Waals surface area (Å²) >= 11 is 0. The topological polar surface area (TPSA) is 38.1 Å². The number of aromatic nitrogens is 2. The molecule has 2 unspecified atom stereocenters.